The number of aryl methyl sites for hydroxylation is 1. The maximum atomic E-state index is 11.6. The highest BCUT2D eigenvalue weighted by molar-refractivity contribution is 5.87. The number of hydrogen-bond acceptors (Lipinski definition) is 4. The number of hydrogen-bond donors (Lipinski definition) is 1. The molecular formula is C10H13N3O3. The van der Waals surface area contributed by atoms with Gasteiger partial charge in [0.25, 0.3) is 0 Å². The van der Waals surface area contributed by atoms with Crippen LogP contribution in [0.2, 0.25) is 0 Å². The molecule has 0 bridgehead atoms. The van der Waals surface area contributed by atoms with E-state index in [-0.39, 0.29) is 18.4 Å². The second-order valence-electron chi connectivity index (χ2n) is 3.78. The summed E-state index contributed by atoms with van der Waals surface area (Å²) >= 11 is 0. The average Bonchev–Trinajstić information content (AvgIpc) is 2.59. The van der Waals surface area contributed by atoms with E-state index < -0.39 is 0 Å². The van der Waals surface area contributed by atoms with Crippen LogP contribution in [0.25, 0.3) is 0 Å². The van der Waals surface area contributed by atoms with Crippen LogP contribution in [-0.4, -0.2) is 35.0 Å². The lowest BCUT2D eigenvalue weighted by molar-refractivity contribution is -0.130. The van der Waals surface area contributed by atoms with Crippen LogP contribution in [0.4, 0.5) is 0 Å². The zero-order chi connectivity index (χ0) is 11.5. The molecule has 1 aliphatic heterocycles. The third-order valence-electron chi connectivity index (χ3n) is 2.42. The van der Waals surface area contributed by atoms with Crippen molar-refractivity contribution in [1.29, 1.82) is 0 Å². The Morgan fingerprint density at radius 1 is 1.56 bits per heavy atom. The first-order chi connectivity index (χ1) is 7.65. The van der Waals surface area contributed by atoms with Crippen molar-refractivity contribution in [2.45, 2.75) is 19.9 Å². The van der Waals surface area contributed by atoms with Crippen molar-refractivity contribution >= 4 is 11.8 Å². The first kappa shape index (κ1) is 10.7. The summed E-state index contributed by atoms with van der Waals surface area (Å²) in [6.45, 7) is 2.67. The fraction of sp³-hybridized carbons (Fsp3) is 0.500. The topological polar surface area (TPSA) is 75.4 Å². The van der Waals surface area contributed by atoms with Gasteiger partial charge >= 0.3 is 0 Å². The number of aromatic nitrogens is 1. The minimum atomic E-state index is -0.0973. The lowest BCUT2D eigenvalue weighted by atomic mass is 10.3. The second-order valence-corrected chi connectivity index (χ2v) is 3.78. The number of amides is 2. The van der Waals surface area contributed by atoms with Gasteiger partial charge in [-0.1, -0.05) is 5.16 Å². The lowest BCUT2D eigenvalue weighted by Crippen LogP contribution is -2.34. The van der Waals surface area contributed by atoms with Crippen molar-refractivity contribution < 1.29 is 14.1 Å². The molecule has 0 radical (unpaired) electrons. The van der Waals surface area contributed by atoms with E-state index in [4.69, 9.17) is 4.52 Å². The van der Waals surface area contributed by atoms with E-state index >= 15 is 0 Å². The largest absolute Gasteiger partial charge is 0.359 e. The predicted octanol–water partition coefficient (Wildman–Crippen LogP) is -0.168. The summed E-state index contributed by atoms with van der Waals surface area (Å²) in [6, 6.07) is 1.79. The van der Waals surface area contributed by atoms with Crippen LogP contribution in [0.1, 0.15) is 17.9 Å². The summed E-state index contributed by atoms with van der Waals surface area (Å²) in [5.41, 5.74) is 0.784. The molecule has 2 rings (SSSR count). The molecule has 1 fully saturated rings. The fourth-order valence-electron chi connectivity index (χ4n) is 1.58. The van der Waals surface area contributed by atoms with Gasteiger partial charge in [-0.2, -0.15) is 0 Å². The highest BCUT2D eigenvalue weighted by Gasteiger charge is 2.21. The first-order valence-electron chi connectivity index (χ1n) is 5.12. The van der Waals surface area contributed by atoms with Gasteiger partial charge in [-0.15, -0.1) is 0 Å². The molecule has 0 aromatic carbocycles. The monoisotopic (exact) mass is 223 g/mol. The molecule has 2 heterocycles. The van der Waals surface area contributed by atoms with Crippen molar-refractivity contribution in [3.63, 3.8) is 0 Å². The van der Waals surface area contributed by atoms with E-state index in [2.05, 4.69) is 10.5 Å². The van der Waals surface area contributed by atoms with Crippen LogP contribution in [0, 0.1) is 6.92 Å². The van der Waals surface area contributed by atoms with Crippen molar-refractivity contribution in [2.24, 2.45) is 0 Å². The van der Waals surface area contributed by atoms with Gasteiger partial charge in [0.1, 0.15) is 0 Å². The zero-order valence-electron chi connectivity index (χ0n) is 9.02. The molecule has 1 N–H and O–H groups in total. The molecule has 6 nitrogen and oxygen atoms in total. The Hall–Kier alpha value is -1.85. The summed E-state index contributed by atoms with van der Waals surface area (Å²) in [6.07, 6.45) is 0.332. The standard InChI is InChI=1S/C10H13N3O3/c1-7-4-8(16-12-7)6-13-3-2-9(14)11-5-10(13)15/h4H,2-3,5-6H2,1H3,(H,11,14). The number of rotatable bonds is 2. The van der Waals surface area contributed by atoms with Gasteiger partial charge in [-0.05, 0) is 6.92 Å². The molecule has 1 aromatic rings. The second kappa shape index (κ2) is 4.34. The SMILES string of the molecule is Cc1cc(CN2CCC(=O)NCC2=O)on1. The maximum absolute atomic E-state index is 11.6. The lowest BCUT2D eigenvalue weighted by Gasteiger charge is -2.17. The van der Waals surface area contributed by atoms with Crippen molar-refractivity contribution in [3.05, 3.63) is 17.5 Å². The Kier molecular flexibility index (Phi) is 2.89. The Balaban J connectivity index is 2.02. The summed E-state index contributed by atoms with van der Waals surface area (Å²) < 4.78 is 5.03. The van der Waals surface area contributed by atoms with E-state index in [1.165, 1.54) is 0 Å². The molecule has 0 spiro atoms. The summed E-state index contributed by atoms with van der Waals surface area (Å²) in [4.78, 5) is 24.3. The minimum absolute atomic E-state index is 0.0615. The van der Waals surface area contributed by atoms with E-state index in [1.54, 1.807) is 11.0 Å². The van der Waals surface area contributed by atoms with Gasteiger partial charge in [0, 0.05) is 19.0 Å². The Morgan fingerprint density at radius 3 is 3.06 bits per heavy atom. The highest BCUT2D eigenvalue weighted by atomic mass is 16.5. The van der Waals surface area contributed by atoms with Crippen molar-refractivity contribution in [1.82, 2.24) is 15.4 Å². The van der Waals surface area contributed by atoms with Gasteiger partial charge in [0.15, 0.2) is 5.76 Å². The molecule has 0 unspecified atom stereocenters. The van der Waals surface area contributed by atoms with Crippen molar-refractivity contribution in [2.75, 3.05) is 13.1 Å². The third kappa shape index (κ3) is 2.39. The van der Waals surface area contributed by atoms with Gasteiger partial charge < -0.3 is 14.7 Å². The van der Waals surface area contributed by atoms with Crippen LogP contribution in [0.15, 0.2) is 10.6 Å². The Labute approximate surface area is 92.6 Å². The molecule has 16 heavy (non-hydrogen) atoms. The fourth-order valence-corrected chi connectivity index (χ4v) is 1.58. The van der Waals surface area contributed by atoms with E-state index in [0.717, 1.165) is 5.69 Å². The maximum Gasteiger partial charge on any atom is 0.242 e. The van der Waals surface area contributed by atoms with Crippen LogP contribution in [0.3, 0.4) is 0 Å². The smallest absolute Gasteiger partial charge is 0.242 e. The van der Waals surface area contributed by atoms with Crippen LogP contribution in [-0.2, 0) is 16.1 Å². The summed E-state index contributed by atoms with van der Waals surface area (Å²) in [5, 5.41) is 6.29. The van der Waals surface area contributed by atoms with Gasteiger partial charge in [0.05, 0.1) is 18.8 Å². The molecule has 2 amide bonds. The first-order valence-corrected chi connectivity index (χ1v) is 5.12. The zero-order valence-corrected chi connectivity index (χ0v) is 9.02. The molecule has 0 saturated carbocycles. The number of carbonyl (C=O) groups is 2. The van der Waals surface area contributed by atoms with Crippen LogP contribution < -0.4 is 5.32 Å². The number of nitrogens with one attached hydrogen (secondary N) is 1. The molecule has 6 heteroatoms. The average molecular weight is 223 g/mol. The van der Waals surface area contributed by atoms with Gasteiger partial charge in [0.2, 0.25) is 11.8 Å². The van der Waals surface area contributed by atoms with Gasteiger partial charge in [-0.3, -0.25) is 9.59 Å². The van der Waals surface area contributed by atoms with E-state index in [9.17, 15) is 9.59 Å². The number of carbonyl (C=O) groups excluding carboxylic acids is 2. The van der Waals surface area contributed by atoms with E-state index in [0.29, 0.717) is 25.3 Å². The minimum Gasteiger partial charge on any atom is -0.359 e. The van der Waals surface area contributed by atoms with Crippen LogP contribution in [0.5, 0.6) is 0 Å². The molecule has 0 atom stereocenters. The molecular weight excluding hydrogens is 210 g/mol. The predicted molar refractivity (Wildman–Crippen MR) is 54.3 cm³/mol. The van der Waals surface area contributed by atoms with Crippen molar-refractivity contribution in [3.8, 4) is 0 Å². The quantitative estimate of drug-likeness (QED) is 0.755. The number of nitrogens with zero attached hydrogens (tertiary/aromatic N) is 2. The molecule has 1 aromatic heterocycles. The summed E-state index contributed by atoms with van der Waals surface area (Å²) in [5.74, 6) is 0.449. The molecule has 86 valence electrons. The normalized spacial score (nSPS) is 17.2. The molecule has 0 aliphatic carbocycles. The Bertz CT molecular complexity index is 413. The Morgan fingerprint density at radius 2 is 2.38 bits per heavy atom. The molecule has 1 saturated heterocycles. The van der Waals surface area contributed by atoms with E-state index in [1.807, 2.05) is 6.92 Å². The highest BCUT2D eigenvalue weighted by Crippen LogP contribution is 2.08. The third-order valence-corrected chi connectivity index (χ3v) is 2.42. The van der Waals surface area contributed by atoms with Crippen LogP contribution >= 0.6 is 0 Å². The summed E-state index contributed by atoms with van der Waals surface area (Å²) in [7, 11) is 0. The van der Waals surface area contributed by atoms with Gasteiger partial charge in [-0.25, -0.2) is 0 Å². The molecule has 1 aliphatic rings.